The van der Waals surface area contributed by atoms with E-state index >= 15 is 0 Å². The van der Waals surface area contributed by atoms with E-state index in [9.17, 15) is 5.11 Å². The Hall–Kier alpha value is -0.0800. The zero-order valence-electron chi connectivity index (χ0n) is 10.3. The second kappa shape index (κ2) is 5.86. The van der Waals surface area contributed by atoms with E-state index in [-0.39, 0.29) is 11.5 Å². The van der Waals surface area contributed by atoms with Crippen LogP contribution in [0.25, 0.3) is 0 Å². The molecule has 0 bridgehead atoms. The molecule has 3 N–H and O–H groups in total. The quantitative estimate of drug-likeness (QED) is 0.712. The Morgan fingerprint density at radius 1 is 1.27 bits per heavy atom. The topological polar surface area (TPSA) is 46.2 Å². The summed E-state index contributed by atoms with van der Waals surface area (Å²) < 4.78 is 0. The number of rotatable bonds is 6. The fourth-order valence-corrected chi connectivity index (χ4v) is 3.21. The summed E-state index contributed by atoms with van der Waals surface area (Å²) in [7, 11) is 0. The molecule has 0 aromatic carbocycles. The van der Waals surface area contributed by atoms with E-state index in [1.54, 1.807) is 0 Å². The maximum Gasteiger partial charge on any atom is 0.0636 e. The predicted molar refractivity (Wildman–Crippen MR) is 64.7 cm³/mol. The molecular formula is C13H27NO. The normalized spacial score (nSPS) is 24.0. The fourth-order valence-electron chi connectivity index (χ4n) is 3.21. The van der Waals surface area contributed by atoms with Crippen LogP contribution in [-0.4, -0.2) is 17.8 Å². The lowest BCUT2D eigenvalue weighted by Gasteiger charge is -2.38. The van der Waals surface area contributed by atoms with E-state index in [0.29, 0.717) is 12.5 Å². The van der Waals surface area contributed by atoms with Gasteiger partial charge in [-0.3, -0.25) is 0 Å². The summed E-state index contributed by atoms with van der Waals surface area (Å²) in [5.74, 6) is 0.313. The molecule has 0 saturated heterocycles. The summed E-state index contributed by atoms with van der Waals surface area (Å²) in [6.45, 7) is 5.02. The zero-order chi connectivity index (χ0) is 11.3. The average Bonchev–Trinajstić information content (AvgIpc) is 2.74. The van der Waals surface area contributed by atoms with Crippen LogP contribution >= 0.6 is 0 Å². The molecule has 0 radical (unpaired) electrons. The van der Waals surface area contributed by atoms with E-state index in [1.165, 1.54) is 25.7 Å². The third-order valence-electron chi connectivity index (χ3n) is 4.34. The second-order valence-electron chi connectivity index (χ2n) is 5.15. The number of nitrogens with two attached hydrogens (primary N) is 1. The van der Waals surface area contributed by atoms with Crippen molar-refractivity contribution in [3.05, 3.63) is 0 Å². The van der Waals surface area contributed by atoms with Gasteiger partial charge >= 0.3 is 0 Å². The molecule has 1 aliphatic carbocycles. The van der Waals surface area contributed by atoms with Crippen molar-refractivity contribution in [1.29, 1.82) is 0 Å². The first-order valence-electron chi connectivity index (χ1n) is 6.58. The second-order valence-corrected chi connectivity index (χ2v) is 5.15. The van der Waals surface area contributed by atoms with Gasteiger partial charge in [-0.05, 0) is 43.6 Å². The first kappa shape index (κ1) is 13.0. The molecule has 2 heteroatoms. The lowest BCUT2D eigenvalue weighted by atomic mass is 9.72. The van der Waals surface area contributed by atoms with Gasteiger partial charge in [-0.2, -0.15) is 0 Å². The molecular weight excluding hydrogens is 186 g/mol. The SMILES string of the molecule is CCCC(CN)C(O)C1(CC)CCCC1. The van der Waals surface area contributed by atoms with Crippen molar-refractivity contribution >= 4 is 0 Å². The van der Waals surface area contributed by atoms with Crippen LogP contribution in [0.15, 0.2) is 0 Å². The smallest absolute Gasteiger partial charge is 0.0636 e. The van der Waals surface area contributed by atoms with Crippen LogP contribution in [0, 0.1) is 11.3 Å². The Bertz CT molecular complexity index is 175. The molecule has 0 amide bonds. The number of hydrogen-bond acceptors (Lipinski definition) is 2. The largest absolute Gasteiger partial charge is 0.392 e. The molecule has 0 spiro atoms. The lowest BCUT2D eigenvalue weighted by molar-refractivity contribution is -0.0194. The maximum absolute atomic E-state index is 10.5. The molecule has 1 rings (SSSR count). The first-order valence-corrected chi connectivity index (χ1v) is 6.58. The lowest BCUT2D eigenvalue weighted by Crippen LogP contribution is -2.41. The number of aliphatic hydroxyl groups excluding tert-OH is 1. The van der Waals surface area contributed by atoms with Gasteiger partial charge < -0.3 is 10.8 Å². The Balaban J connectivity index is 2.65. The minimum atomic E-state index is -0.171. The van der Waals surface area contributed by atoms with Gasteiger partial charge in [0.1, 0.15) is 0 Å². The van der Waals surface area contributed by atoms with E-state index in [4.69, 9.17) is 5.73 Å². The molecule has 15 heavy (non-hydrogen) atoms. The first-order chi connectivity index (χ1) is 7.20. The molecule has 2 atom stereocenters. The van der Waals surface area contributed by atoms with Crippen LogP contribution in [0.1, 0.15) is 58.8 Å². The van der Waals surface area contributed by atoms with E-state index < -0.39 is 0 Å². The van der Waals surface area contributed by atoms with Gasteiger partial charge in [0, 0.05) is 0 Å². The third-order valence-corrected chi connectivity index (χ3v) is 4.34. The van der Waals surface area contributed by atoms with Gasteiger partial charge in [0.05, 0.1) is 6.10 Å². The molecule has 0 aliphatic heterocycles. The van der Waals surface area contributed by atoms with Gasteiger partial charge in [0.2, 0.25) is 0 Å². The molecule has 1 aliphatic rings. The van der Waals surface area contributed by atoms with Crippen LogP contribution in [-0.2, 0) is 0 Å². The van der Waals surface area contributed by atoms with Crippen LogP contribution in [0.5, 0.6) is 0 Å². The zero-order valence-corrected chi connectivity index (χ0v) is 10.3. The van der Waals surface area contributed by atoms with Crippen LogP contribution < -0.4 is 5.73 Å². The molecule has 0 aromatic rings. The van der Waals surface area contributed by atoms with Gasteiger partial charge in [-0.25, -0.2) is 0 Å². The highest BCUT2D eigenvalue weighted by atomic mass is 16.3. The van der Waals surface area contributed by atoms with Crippen molar-refractivity contribution in [2.75, 3.05) is 6.54 Å². The van der Waals surface area contributed by atoms with Gasteiger partial charge in [0.15, 0.2) is 0 Å². The summed E-state index contributed by atoms with van der Waals surface area (Å²) in [6, 6.07) is 0. The van der Waals surface area contributed by atoms with Crippen LogP contribution in [0.2, 0.25) is 0 Å². The molecule has 2 nitrogen and oxygen atoms in total. The Morgan fingerprint density at radius 3 is 2.27 bits per heavy atom. The standard InChI is InChI=1S/C13H27NO/c1-3-7-11(10-14)12(15)13(4-2)8-5-6-9-13/h11-12,15H,3-10,14H2,1-2H3. The predicted octanol–water partition coefficient (Wildman–Crippen LogP) is 2.69. The Kier molecular flexibility index (Phi) is 5.07. The third kappa shape index (κ3) is 2.73. The van der Waals surface area contributed by atoms with Crippen LogP contribution in [0.4, 0.5) is 0 Å². The molecule has 90 valence electrons. The summed E-state index contributed by atoms with van der Waals surface area (Å²) in [6.07, 6.45) is 8.10. The van der Waals surface area contributed by atoms with Crippen molar-refractivity contribution < 1.29 is 5.11 Å². The Labute approximate surface area is 94.2 Å². The molecule has 0 heterocycles. The van der Waals surface area contributed by atoms with E-state index in [1.807, 2.05) is 0 Å². The van der Waals surface area contributed by atoms with Gasteiger partial charge in [-0.1, -0.05) is 33.1 Å². The average molecular weight is 213 g/mol. The van der Waals surface area contributed by atoms with Crippen molar-refractivity contribution in [3.8, 4) is 0 Å². The van der Waals surface area contributed by atoms with Crippen molar-refractivity contribution in [2.45, 2.75) is 64.9 Å². The molecule has 2 unspecified atom stereocenters. The fraction of sp³-hybridized carbons (Fsp3) is 1.00. The summed E-state index contributed by atoms with van der Waals surface area (Å²) in [5.41, 5.74) is 5.97. The molecule has 1 fully saturated rings. The summed E-state index contributed by atoms with van der Waals surface area (Å²) in [4.78, 5) is 0. The van der Waals surface area contributed by atoms with Crippen molar-refractivity contribution in [1.82, 2.24) is 0 Å². The number of aliphatic hydroxyl groups is 1. The Morgan fingerprint density at radius 2 is 1.87 bits per heavy atom. The summed E-state index contributed by atoms with van der Waals surface area (Å²) in [5, 5.41) is 10.5. The molecule has 0 aromatic heterocycles. The van der Waals surface area contributed by atoms with Crippen LogP contribution in [0.3, 0.4) is 0 Å². The number of hydrogen-bond donors (Lipinski definition) is 2. The minimum absolute atomic E-state index is 0.171. The molecule has 1 saturated carbocycles. The minimum Gasteiger partial charge on any atom is -0.392 e. The highest BCUT2D eigenvalue weighted by molar-refractivity contribution is 4.93. The van der Waals surface area contributed by atoms with Crippen molar-refractivity contribution in [3.63, 3.8) is 0 Å². The summed E-state index contributed by atoms with van der Waals surface area (Å²) >= 11 is 0. The highest BCUT2D eigenvalue weighted by Crippen LogP contribution is 2.46. The monoisotopic (exact) mass is 213 g/mol. The van der Waals surface area contributed by atoms with E-state index in [0.717, 1.165) is 19.3 Å². The van der Waals surface area contributed by atoms with E-state index in [2.05, 4.69) is 13.8 Å². The van der Waals surface area contributed by atoms with Gasteiger partial charge in [0.25, 0.3) is 0 Å². The maximum atomic E-state index is 10.5. The highest BCUT2D eigenvalue weighted by Gasteiger charge is 2.41. The van der Waals surface area contributed by atoms with Gasteiger partial charge in [-0.15, -0.1) is 0 Å². The van der Waals surface area contributed by atoms with Crippen molar-refractivity contribution in [2.24, 2.45) is 17.1 Å².